The molecule has 1 aromatic carbocycles. The summed E-state index contributed by atoms with van der Waals surface area (Å²) in [7, 11) is 0. The van der Waals surface area contributed by atoms with E-state index in [0.29, 0.717) is 11.1 Å². The van der Waals surface area contributed by atoms with Gasteiger partial charge in [-0.05, 0) is 24.3 Å². The molecule has 0 spiro atoms. The standard InChI is InChI=1S/C8H4O3.C4H4O/c9-7-5-3-1-2-4-6(5)8(10)11-7;1-2-4-5-3-1/h1-4H;1-4H. The highest BCUT2D eigenvalue weighted by Gasteiger charge is 2.28. The lowest BCUT2D eigenvalue weighted by atomic mass is 10.1. The highest BCUT2D eigenvalue weighted by atomic mass is 16.6. The van der Waals surface area contributed by atoms with Crippen LogP contribution in [0.1, 0.15) is 20.7 Å². The van der Waals surface area contributed by atoms with Crippen LogP contribution in [-0.4, -0.2) is 11.9 Å². The molecular formula is C12H8O4. The van der Waals surface area contributed by atoms with Crippen LogP contribution in [-0.2, 0) is 4.74 Å². The van der Waals surface area contributed by atoms with Crippen LogP contribution in [0.25, 0.3) is 0 Å². The van der Waals surface area contributed by atoms with E-state index in [0.717, 1.165) is 0 Å². The summed E-state index contributed by atoms with van der Waals surface area (Å²) >= 11 is 0. The molecule has 0 unspecified atom stereocenters. The summed E-state index contributed by atoms with van der Waals surface area (Å²) in [6, 6.07) is 10.2. The molecule has 2 aromatic rings. The molecule has 1 aromatic heterocycles. The third-order valence-electron chi connectivity index (χ3n) is 1.98. The summed E-state index contributed by atoms with van der Waals surface area (Å²) in [5.74, 6) is -1.10. The minimum absolute atomic E-state index is 0.359. The Labute approximate surface area is 91.4 Å². The van der Waals surface area contributed by atoms with E-state index in [-0.39, 0.29) is 0 Å². The maximum absolute atomic E-state index is 10.8. The maximum atomic E-state index is 10.8. The normalized spacial score (nSPS) is 12.5. The van der Waals surface area contributed by atoms with Crippen LogP contribution < -0.4 is 0 Å². The molecular weight excluding hydrogens is 208 g/mol. The number of cyclic esters (lactones) is 2. The van der Waals surface area contributed by atoms with Crippen LogP contribution in [0.2, 0.25) is 0 Å². The zero-order valence-corrected chi connectivity index (χ0v) is 8.25. The van der Waals surface area contributed by atoms with Crippen molar-refractivity contribution in [3.63, 3.8) is 0 Å². The predicted octanol–water partition coefficient (Wildman–Crippen LogP) is 2.28. The van der Waals surface area contributed by atoms with Crippen LogP contribution >= 0.6 is 0 Å². The Hall–Kier alpha value is -2.36. The van der Waals surface area contributed by atoms with Gasteiger partial charge in [-0.25, -0.2) is 9.59 Å². The quantitative estimate of drug-likeness (QED) is 0.500. The summed E-state index contributed by atoms with van der Waals surface area (Å²) in [6.07, 6.45) is 3.25. The molecule has 0 fully saturated rings. The Kier molecular flexibility index (Phi) is 2.82. The molecule has 4 nitrogen and oxygen atoms in total. The van der Waals surface area contributed by atoms with Crippen molar-refractivity contribution in [3.8, 4) is 0 Å². The Morgan fingerprint density at radius 3 is 1.62 bits per heavy atom. The SMILES string of the molecule is O=C1OC(=O)c2ccccc21.c1ccoc1. The van der Waals surface area contributed by atoms with E-state index in [1.54, 1.807) is 36.8 Å². The molecule has 3 rings (SSSR count). The number of carbonyl (C=O) groups excluding carboxylic acids is 2. The van der Waals surface area contributed by atoms with Gasteiger partial charge in [0.25, 0.3) is 0 Å². The molecule has 0 bridgehead atoms. The van der Waals surface area contributed by atoms with Gasteiger partial charge in [0.15, 0.2) is 0 Å². The van der Waals surface area contributed by atoms with Crippen molar-refractivity contribution < 1.29 is 18.7 Å². The number of hydrogen-bond donors (Lipinski definition) is 0. The Bertz CT molecular complexity index is 449. The average Bonchev–Trinajstić information content (AvgIpc) is 2.94. The summed E-state index contributed by atoms with van der Waals surface area (Å²) in [5, 5.41) is 0. The van der Waals surface area contributed by atoms with E-state index < -0.39 is 11.9 Å². The lowest BCUT2D eigenvalue weighted by Gasteiger charge is -1.86. The molecule has 80 valence electrons. The van der Waals surface area contributed by atoms with E-state index in [9.17, 15) is 9.59 Å². The third-order valence-corrected chi connectivity index (χ3v) is 1.98. The maximum Gasteiger partial charge on any atom is 0.346 e. The van der Waals surface area contributed by atoms with Crippen LogP contribution in [0.3, 0.4) is 0 Å². The highest BCUT2D eigenvalue weighted by Crippen LogP contribution is 2.18. The fourth-order valence-corrected chi connectivity index (χ4v) is 1.26. The van der Waals surface area contributed by atoms with Crippen molar-refractivity contribution in [2.24, 2.45) is 0 Å². The number of benzene rings is 1. The summed E-state index contributed by atoms with van der Waals surface area (Å²) in [6.45, 7) is 0. The van der Waals surface area contributed by atoms with E-state index in [1.807, 2.05) is 12.1 Å². The number of esters is 2. The molecule has 16 heavy (non-hydrogen) atoms. The summed E-state index contributed by atoms with van der Waals surface area (Å²) in [4.78, 5) is 21.7. The van der Waals surface area contributed by atoms with Crippen molar-refractivity contribution in [3.05, 3.63) is 60.1 Å². The predicted molar refractivity (Wildman–Crippen MR) is 54.9 cm³/mol. The molecule has 0 saturated heterocycles. The molecule has 0 saturated carbocycles. The van der Waals surface area contributed by atoms with Gasteiger partial charge in [0.05, 0.1) is 23.7 Å². The summed E-state index contributed by atoms with van der Waals surface area (Å²) < 4.78 is 8.94. The van der Waals surface area contributed by atoms with Crippen LogP contribution in [0.4, 0.5) is 0 Å². The number of carbonyl (C=O) groups is 2. The monoisotopic (exact) mass is 216 g/mol. The zero-order chi connectivity index (χ0) is 11.4. The second-order valence-electron chi connectivity index (χ2n) is 3.02. The summed E-state index contributed by atoms with van der Waals surface area (Å²) in [5.41, 5.74) is 0.718. The van der Waals surface area contributed by atoms with Gasteiger partial charge in [0.2, 0.25) is 0 Å². The van der Waals surface area contributed by atoms with Gasteiger partial charge >= 0.3 is 11.9 Å². The molecule has 1 aliphatic heterocycles. The average molecular weight is 216 g/mol. The zero-order valence-electron chi connectivity index (χ0n) is 8.25. The van der Waals surface area contributed by atoms with Crippen molar-refractivity contribution in [2.45, 2.75) is 0 Å². The largest absolute Gasteiger partial charge is 0.473 e. The molecule has 0 amide bonds. The smallest absolute Gasteiger partial charge is 0.346 e. The Morgan fingerprint density at radius 2 is 1.25 bits per heavy atom. The lowest BCUT2D eigenvalue weighted by molar-refractivity contribution is 0.0444. The highest BCUT2D eigenvalue weighted by molar-refractivity contribution is 6.14. The molecule has 0 aliphatic carbocycles. The number of rotatable bonds is 0. The minimum Gasteiger partial charge on any atom is -0.473 e. The lowest BCUT2D eigenvalue weighted by Crippen LogP contribution is -1.96. The molecule has 0 atom stereocenters. The van der Waals surface area contributed by atoms with Gasteiger partial charge in [0, 0.05) is 0 Å². The van der Waals surface area contributed by atoms with Crippen LogP contribution in [0.15, 0.2) is 53.3 Å². The van der Waals surface area contributed by atoms with Crippen LogP contribution in [0, 0.1) is 0 Å². The number of fused-ring (bicyclic) bond motifs is 1. The van der Waals surface area contributed by atoms with Gasteiger partial charge in [-0.2, -0.15) is 0 Å². The van der Waals surface area contributed by atoms with Crippen molar-refractivity contribution in [1.29, 1.82) is 0 Å². The Balaban J connectivity index is 0.000000162. The first-order valence-electron chi connectivity index (χ1n) is 4.62. The third kappa shape index (κ3) is 2.00. The van der Waals surface area contributed by atoms with Gasteiger partial charge in [0.1, 0.15) is 0 Å². The molecule has 4 heteroatoms. The van der Waals surface area contributed by atoms with E-state index in [2.05, 4.69) is 9.15 Å². The van der Waals surface area contributed by atoms with E-state index in [4.69, 9.17) is 0 Å². The van der Waals surface area contributed by atoms with Crippen LogP contribution in [0.5, 0.6) is 0 Å². The first kappa shape index (κ1) is 10.2. The molecule has 0 radical (unpaired) electrons. The van der Waals surface area contributed by atoms with Gasteiger partial charge in [-0.3, -0.25) is 0 Å². The van der Waals surface area contributed by atoms with Gasteiger partial charge in [-0.15, -0.1) is 0 Å². The second kappa shape index (κ2) is 4.44. The number of furan rings is 1. The molecule has 0 N–H and O–H groups in total. The second-order valence-corrected chi connectivity index (χ2v) is 3.02. The Morgan fingerprint density at radius 1 is 0.750 bits per heavy atom. The topological polar surface area (TPSA) is 56.5 Å². The van der Waals surface area contributed by atoms with Crippen molar-refractivity contribution in [2.75, 3.05) is 0 Å². The number of ether oxygens (including phenoxy) is 1. The fourth-order valence-electron chi connectivity index (χ4n) is 1.26. The molecule has 2 heterocycles. The van der Waals surface area contributed by atoms with Gasteiger partial charge in [-0.1, -0.05) is 12.1 Å². The van der Waals surface area contributed by atoms with Crippen molar-refractivity contribution in [1.82, 2.24) is 0 Å². The van der Waals surface area contributed by atoms with E-state index in [1.165, 1.54) is 0 Å². The van der Waals surface area contributed by atoms with Gasteiger partial charge < -0.3 is 9.15 Å². The molecule has 1 aliphatic rings. The first-order valence-corrected chi connectivity index (χ1v) is 4.62. The van der Waals surface area contributed by atoms with E-state index >= 15 is 0 Å². The van der Waals surface area contributed by atoms with Crippen molar-refractivity contribution >= 4 is 11.9 Å². The first-order chi connectivity index (χ1) is 7.79. The minimum atomic E-state index is -0.550. The number of hydrogen-bond acceptors (Lipinski definition) is 4. The fraction of sp³-hybridized carbons (Fsp3) is 0.